The molecular weight excluding hydrogens is 354 g/mol. The number of amides is 1. The van der Waals surface area contributed by atoms with Crippen molar-refractivity contribution in [3.63, 3.8) is 0 Å². The van der Waals surface area contributed by atoms with Crippen LogP contribution in [0.15, 0.2) is 48.7 Å². The average molecular weight is 372 g/mol. The summed E-state index contributed by atoms with van der Waals surface area (Å²) in [6.45, 7) is 4.08. The Morgan fingerprint density at radius 2 is 2.00 bits per heavy atom. The first-order chi connectivity index (χ1) is 12.5. The van der Waals surface area contributed by atoms with Crippen LogP contribution in [-0.2, 0) is 13.0 Å². The standard InChI is InChI=1S/C20H18F2N2OS/c1-3-14-10-19(26-13(14)2)20(25)24(12-16-6-4-5-9-23-16)18-8-7-15(21)11-17(18)22/h4-11H,3,12H2,1-2H3. The molecule has 0 fully saturated rings. The maximum Gasteiger partial charge on any atom is 0.268 e. The van der Waals surface area contributed by atoms with Crippen molar-refractivity contribution in [3.8, 4) is 0 Å². The van der Waals surface area contributed by atoms with Crippen LogP contribution in [0.5, 0.6) is 0 Å². The van der Waals surface area contributed by atoms with E-state index in [1.807, 2.05) is 19.9 Å². The number of carbonyl (C=O) groups is 1. The van der Waals surface area contributed by atoms with Gasteiger partial charge in [-0.1, -0.05) is 13.0 Å². The van der Waals surface area contributed by atoms with E-state index in [1.165, 1.54) is 22.3 Å². The molecule has 0 atom stereocenters. The van der Waals surface area contributed by atoms with Gasteiger partial charge in [-0.2, -0.15) is 0 Å². The average Bonchev–Trinajstić information content (AvgIpc) is 3.01. The highest BCUT2D eigenvalue weighted by atomic mass is 32.1. The van der Waals surface area contributed by atoms with Crippen LogP contribution >= 0.6 is 11.3 Å². The Morgan fingerprint density at radius 3 is 2.62 bits per heavy atom. The fourth-order valence-electron chi connectivity index (χ4n) is 2.73. The van der Waals surface area contributed by atoms with Crippen molar-refractivity contribution < 1.29 is 13.6 Å². The van der Waals surface area contributed by atoms with Gasteiger partial charge in [0, 0.05) is 17.1 Å². The molecule has 0 saturated heterocycles. The number of hydrogen-bond donors (Lipinski definition) is 0. The quantitative estimate of drug-likeness (QED) is 0.621. The van der Waals surface area contributed by atoms with Gasteiger partial charge in [0.15, 0.2) is 0 Å². The summed E-state index contributed by atoms with van der Waals surface area (Å²) in [5, 5.41) is 0. The smallest absolute Gasteiger partial charge is 0.268 e. The van der Waals surface area contributed by atoms with Crippen LogP contribution in [0.2, 0.25) is 0 Å². The number of carbonyl (C=O) groups excluding carboxylic acids is 1. The molecule has 0 spiro atoms. The van der Waals surface area contributed by atoms with E-state index in [0.29, 0.717) is 10.6 Å². The van der Waals surface area contributed by atoms with Gasteiger partial charge < -0.3 is 0 Å². The zero-order valence-corrected chi connectivity index (χ0v) is 15.3. The molecule has 3 nitrogen and oxygen atoms in total. The van der Waals surface area contributed by atoms with Crippen molar-refractivity contribution in [2.45, 2.75) is 26.8 Å². The molecule has 2 heterocycles. The fourth-order valence-corrected chi connectivity index (χ4v) is 3.79. The van der Waals surface area contributed by atoms with Crippen molar-refractivity contribution in [2.24, 2.45) is 0 Å². The lowest BCUT2D eigenvalue weighted by Gasteiger charge is -2.22. The van der Waals surface area contributed by atoms with E-state index in [-0.39, 0.29) is 18.1 Å². The second-order valence-corrected chi connectivity index (χ2v) is 7.11. The van der Waals surface area contributed by atoms with E-state index in [9.17, 15) is 13.6 Å². The molecule has 6 heteroatoms. The first-order valence-electron chi connectivity index (χ1n) is 8.25. The van der Waals surface area contributed by atoms with Crippen molar-refractivity contribution in [3.05, 3.63) is 81.3 Å². The second-order valence-electron chi connectivity index (χ2n) is 5.85. The molecule has 0 aliphatic rings. The van der Waals surface area contributed by atoms with Gasteiger partial charge in [0.2, 0.25) is 0 Å². The predicted octanol–water partition coefficient (Wildman–Crippen LogP) is 5.14. The molecule has 0 aliphatic carbocycles. The third-order valence-corrected chi connectivity index (χ3v) is 5.18. The van der Waals surface area contributed by atoms with Crippen molar-refractivity contribution >= 4 is 22.9 Å². The van der Waals surface area contributed by atoms with Crippen LogP contribution in [0.3, 0.4) is 0 Å². The summed E-state index contributed by atoms with van der Waals surface area (Å²) in [5.41, 5.74) is 1.75. The minimum Gasteiger partial charge on any atom is -0.299 e. The molecular formula is C20H18F2N2OS. The Bertz CT molecular complexity index is 925. The molecule has 0 saturated carbocycles. The maximum absolute atomic E-state index is 14.4. The Balaban J connectivity index is 2.02. The highest BCUT2D eigenvalue weighted by Gasteiger charge is 2.24. The zero-order valence-electron chi connectivity index (χ0n) is 14.5. The molecule has 0 bridgehead atoms. The Kier molecular flexibility index (Phi) is 5.42. The summed E-state index contributed by atoms with van der Waals surface area (Å²) in [5.74, 6) is -1.79. The number of halogens is 2. The van der Waals surface area contributed by atoms with E-state index in [4.69, 9.17) is 0 Å². The number of rotatable bonds is 5. The first kappa shape index (κ1) is 18.2. The Labute approximate surface area is 154 Å². The lowest BCUT2D eigenvalue weighted by Crippen LogP contribution is -2.31. The highest BCUT2D eigenvalue weighted by molar-refractivity contribution is 7.14. The van der Waals surface area contributed by atoms with E-state index >= 15 is 0 Å². The van der Waals surface area contributed by atoms with E-state index in [1.54, 1.807) is 24.4 Å². The number of anilines is 1. The van der Waals surface area contributed by atoms with Crippen LogP contribution in [0.4, 0.5) is 14.5 Å². The molecule has 3 aromatic rings. The van der Waals surface area contributed by atoms with Crippen LogP contribution in [0.25, 0.3) is 0 Å². The lowest BCUT2D eigenvalue weighted by molar-refractivity contribution is 0.0987. The number of nitrogens with zero attached hydrogens (tertiary/aromatic N) is 2. The highest BCUT2D eigenvalue weighted by Crippen LogP contribution is 2.28. The van der Waals surface area contributed by atoms with E-state index in [2.05, 4.69) is 4.98 Å². The summed E-state index contributed by atoms with van der Waals surface area (Å²) in [6, 6.07) is 10.4. The number of pyridine rings is 1. The number of aryl methyl sites for hydroxylation is 2. The fraction of sp³-hybridized carbons (Fsp3) is 0.200. The summed E-state index contributed by atoms with van der Waals surface area (Å²) < 4.78 is 27.7. The third-order valence-electron chi connectivity index (χ3n) is 4.10. The summed E-state index contributed by atoms with van der Waals surface area (Å²) >= 11 is 1.38. The normalized spacial score (nSPS) is 10.8. The van der Waals surface area contributed by atoms with Crippen LogP contribution < -0.4 is 4.90 Å². The Hall–Kier alpha value is -2.60. The second kappa shape index (κ2) is 7.74. The van der Waals surface area contributed by atoms with Gasteiger partial charge in [-0.05, 0) is 49.2 Å². The number of thiophene rings is 1. The monoisotopic (exact) mass is 372 g/mol. The summed E-state index contributed by atoms with van der Waals surface area (Å²) in [4.78, 5) is 20.2. The van der Waals surface area contributed by atoms with E-state index in [0.717, 1.165) is 29.0 Å². The van der Waals surface area contributed by atoms with E-state index < -0.39 is 11.6 Å². The number of hydrogen-bond acceptors (Lipinski definition) is 3. The van der Waals surface area contributed by atoms with Crippen LogP contribution in [-0.4, -0.2) is 10.9 Å². The molecule has 26 heavy (non-hydrogen) atoms. The molecule has 134 valence electrons. The topological polar surface area (TPSA) is 33.2 Å². The van der Waals surface area contributed by atoms with Crippen molar-refractivity contribution in [2.75, 3.05) is 4.90 Å². The van der Waals surface area contributed by atoms with Gasteiger partial charge in [0.05, 0.1) is 22.8 Å². The molecule has 0 radical (unpaired) electrons. The van der Waals surface area contributed by atoms with Gasteiger partial charge in [-0.15, -0.1) is 11.3 Å². The molecule has 2 aromatic heterocycles. The summed E-state index contributed by atoms with van der Waals surface area (Å²) in [7, 11) is 0. The lowest BCUT2D eigenvalue weighted by atomic mass is 10.2. The largest absolute Gasteiger partial charge is 0.299 e. The summed E-state index contributed by atoms with van der Waals surface area (Å²) in [6.07, 6.45) is 2.43. The minimum absolute atomic E-state index is 0.0335. The van der Waals surface area contributed by atoms with Gasteiger partial charge in [-0.3, -0.25) is 14.7 Å². The molecule has 1 amide bonds. The van der Waals surface area contributed by atoms with Crippen LogP contribution in [0, 0.1) is 18.6 Å². The number of aromatic nitrogens is 1. The molecule has 0 unspecified atom stereocenters. The van der Waals surface area contributed by atoms with Gasteiger partial charge in [-0.25, -0.2) is 8.78 Å². The molecule has 0 N–H and O–H groups in total. The molecule has 0 aliphatic heterocycles. The predicted molar refractivity (Wildman–Crippen MR) is 99.5 cm³/mol. The SMILES string of the molecule is CCc1cc(C(=O)N(Cc2ccccn2)c2ccc(F)cc2F)sc1C. The van der Waals surface area contributed by atoms with Gasteiger partial charge in [0.1, 0.15) is 11.6 Å². The Morgan fingerprint density at radius 1 is 1.19 bits per heavy atom. The minimum atomic E-state index is -0.779. The van der Waals surface area contributed by atoms with Gasteiger partial charge in [0.25, 0.3) is 5.91 Å². The number of benzene rings is 1. The van der Waals surface area contributed by atoms with Crippen molar-refractivity contribution in [1.29, 1.82) is 0 Å². The molecule has 3 rings (SSSR count). The van der Waals surface area contributed by atoms with Crippen molar-refractivity contribution in [1.82, 2.24) is 4.98 Å². The maximum atomic E-state index is 14.4. The zero-order chi connectivity index (χ0) is 18.7. The van der Waals surface area contributed by atoms with Crippen LogP contribution in [0.1, 0.15) is 32.7 Å². The molecule has 1 aromatic carbocycles. The first-order valence-corrected chi connectivity index (χ1v) is 9.07. The van der Waals surface area contributed by atoms with Gasteiger partial charge >= 0.3 is 0 Å². The third kappa shape index (κ3) is 3.80.